The van der Waals surface area contributed by atoms with Gasteiger partial charge in [0.2, 0.25) is 0 Å². The van der Waals surface area contributed by atoms with E-state index in [1.807, 2.05) is 12.2 Å². The normalized spacial score (nSPS) is 9.03. The monoisotopic (exact) mass is 552 g/mol. The maximum Gasteiger partial charge on any atom is 2.00 e. The van der Waals surface area contributed by atoms with E-state index in [1.165, 1.54) is 38.5 Å². The number of carboxylic acids is 2. The van der Waals surface area contributed by atoms with E-state index in [-0.39, 0.29) is 45.5 Å². The summed E-state index contributed by atoms with van der Waals surface area (Å²) in [5.74, 6) is -1.85. The molecule has 35 heavy (non-hydrogen) atoms. The summed E-state index contributed by atoms with van der Waals surface area (Å²) in [7, 11) is 0. The smallest absolute Gasteiger partial charge is 0.550 e. The molecule has 0 amide bonds. The summed E-state index contributed by atoms with van der Waals surface area (Å²) >= 11 is 0. The molecule has 0 aromatic carbocycles. The Morgan fingerprint density at radius 3 is 1.03 bits per heavy atom. The molecule has 0 unspecified atom stereocenters. The molecule has 0 radical (unpaired) electrons. The van der Waals surface area contributed by atoms with Crippen molar-refractivity contribution in [3.05, 3.63) is 25.3 Å². The van der Waals surface area contributed by atoms with Gasteiger partial charge in [-0.2, -0.15) is 0 Å². The van der Waals surface area contributed by atoms with Crippen LogP contribution in [0.5, 0.6) is 0 Å². The fourth-order valence-corrected chi connectivity index (χ4v) is 2.53. The molecule has 8 nitrogen and oxygen atoms in total. The number of aliphatic hydroxyl groups excluding tert-OH is 2. The average molecular weight is 554 g/mol. The maximum atomic E-state index is 10.1. The molecule has 0 aliphatic rings. The number of carbonyl (C=O) groups is 2. The summed E-state index contributed by atoms with van der Waals surface area (Å²) in [5, 5.41) is 35.6. The number of nitrogens with two attached hydrogens (primary N) is 2. The molecule has 0 bridgehead atoms. The van der Waals surface area contributed by atoms with Gasteiger partial charge in [-0.25, -0.2) is 0 Å². The van der Waals surface area contributed by atoms with Gasteiger partial charge in [0.25, 0.3) is 0 Å². The largest absolute Gasteiger partial charge is 2.00 e. The van der Waals surface area contributed by atoms with Crippen molar-refractivity contribution in [3.8, 4) is 0 Å². The number of carbonyl (C=O) groups excluding carboxylic acids is 2. The van der Waals surface area contributed by atoms with Crippen LogP contribution >= 0.6 is 0 Å². The quantitative estimate of drug-likeness (QED) is 0.100. The van der Waals surface area contributed by atoms with Gasteiger partial charge in [-0.3, -0.25) is 0 Å². The first-order chi connectivity index (χ1) is 16.4. The number of carboxylic acid groups (broad SMARTS) is 2. The molecule has 6 N–H and O–H groups in total. The molecule has 0 spiro atoms. The van der Waals surface area contributed by atoms with E-state index in [0.717, 1.165) is 51.4 Å². The van der Waals surface area contributed by atoms with E-state index < -0.39 is 11.9 Å². The van der Waals surface area contributed by atoms with Crippen LogP contribution in [0.25, 0.3) is 0 Å². The number of allylic oxidation sites excluding steroid dienone is 2. The van der Waals surface area contributed by atoms with Gasteiger partial charge in [-0.15, -0.1) is 13.2 Å². The number of hydrogen-bond acceptors (Lipinski definition) is 8. The summed E-state index contributed by atoms with van der Waals surface area (Å²) in [6, 6.07) is 0. The van der Waals surface area contributed by atoms with Gasteiger partial charge in [0.15, 0.2) is 0 Å². The minimum absolute atomic E-state index is 0. The fourth-order valence-electron chi connectivity index (χ4n) is 2.53. The van der Waals surface area contributed by atoms with Crippen molar-refractivity contribution in [1.29, 1.82) is 0 Å². The van der Waals surface area contributed by atoms with E-state index in [1.54, 1.807) is 0 Å². The Labute approximate surface area is 227 Å². The Bertz CT molecular complexity index is 385. The van der Waals surface area contributed by atoms with E-state index >= 15 is 0 Å². The van der Waals surface area contributed by atoms with E-state index in [9.17, 15) is 19.8 Å². The Balaban J connectivity index is -0.000000128. The molecule has 0 aliphatic heterocycles. The second-order valence-corrected chi connectivity index (χ2v) is 7.67. The predicted octanol–water partition coefficient (Wildman–Crippen LogP) is 1.96. The first kappa shape index (κ1) is 43.9. The standard InChI is InChI=1S/2C11H20O2.2C2H7NO.Zn/c2*1-2-3-4-5-6-7-8-9-10-11(12)13;2*3-1-2-4;/h2*2H,1,3-10H2,(H,12,13);2*4H,1-3H2;/q;;;;+2/p-2. The molecule has 204 valence electrons. The summed E-state index contributed by atoms with van der Waals surface area (Å²) in [6.07, 6.45) is 19.7. The molecule has 0 fully saturated rings. The Morgan fingerprint density at radius 2 is 0.829 bits per heavy atom. The molecule has 0 heterocycles. The summed E-state index contributed by atoms with van der Waals surface area (Å²) in [6.45, 7) is 8.25. The first-order valence-corrected chi connectivity index (χ1v) is 12.6. The van der Waals surface area contributed by atoms with Crippen LogP contribution < -0.4 is 21.7 Å². The number of hydrogen-bond donors (Lipinski definition) is 4. The number of unbranched alkanes of at least 4 members (excludes halogenated alkanes) is 12. The van der Waals surface area contributed by atoms with Crippen LogP contribution in [0.3, 0.4) is 0 Å². The van der Waals surface area contributed by atoms with Crippen LogP contribution in [-0.4, -0.2) is 48.5 Å². The third-order valence-electron chi connectivity index (χ3n) is 4.34. The zero-order valence-corrected chi connectivity index (χ0v) is 25.1. The summed E-state index contributed by atoms with van der Waals surface area (Å²) < 4.78 is 0. The van der Waals surface area contributed by atoms with Gasteiger partial charge >= 0.3 is 19.5 Å². The minimum Gasteiger partial charge on any atom is -0.550 e. The zero-order chi connectivity index (χ0) is 26.7. The van der Waals surface area contributed by atoms with Crippen molar-refractivity contribution in [2.75, 3.05) is 26.3 Å². The third kappa shape index (κ3) is 71.9. The Morgan fingerprint density at radius 1 is 0.600 bits per heavy atom. The van der Waals surface area contributed by atoms with Crippen LogP contribution in [-0.2, 0) is 29.1 Å². The second-order valence-electron chi connectivity index (χ2n) is 7.67. The molecule has 0 aromatic heterocycles. The van der Waals surface area contributed by atoms with Crippen molar-refractivity contribution in [1.82, 2.24) is 0 Å². The molecule has 0 saturated carbocycles. The molecule has 0 aliphatic carbocycles. The van der Waals surface area contributed by atoms with E-state index in [4.69, 9.17) is 21.7 Å². The average Bonchev–Trinajstić information content (AvgIpc) is 2.83. The molecule has 0 saturated heterocycles. The molecule has 0 aromatic rings. The van der Waals surface area contributed by atoms with Gasteiger partial charge in [0, 0.05) is 25.0 Å². The number of aliphatic carboxylic acids is 2. The Hall–Kier alpha value is -1.12. The topological polar surface area (TPSA) is 173 Å². The SMILES string of the molecule is C=CCCCCCCCCC(=O)[O-].C=CCCCCCCCCC(=O)[O-].NCCO.NCCO.[Zn+2]. The van der Waals surface area contributed by atoms with Crippen LogP contribution in [0.4, 0.5) is 0 Å². The van der Waals surface area contributed by atoms with E-state index in [2.05, 4.69) is 13.2 Å². The second kappa shape index (κ2) is 46.3. The zero-order valence-electron chi connectivity index (χ0n) is 22.1. The van der Waals surface area contributed by atoms with Gasteiger partial charge in [0.05, 0.1) is 13.2 Å². The van der Waals surface area contributed by atoms with Gasteiger partial charge < -0.3 is 41.5 Å². The van der Waals surface area contributed by atoms with Crippen LogP contribution in [0.1, 0.15) is 103 Å². The van der Waals surface area contributed by atoms with E-state index in [0.29, 0.717) is 13.1 Å². The van der Waals surface area contributed by atoms with Crippen molar-refractivity contribution in [2.24, 2.45) is 11.5 Å². The molecule has 0 atom stereocenters. The number of aliphatic hydroxyl groups is 2. The van der Waals surface area contributed by atoms with Gasteiger partial charge in [-0.05, 0) is 51.4 Å². The van der Waals surface area contributed by atoms with Crippen LogP contribution in [0.2, 0.25) is 0 Å². The third-order valence-corrected chi connectivity index (χ3v) is 4.34. The molecule has 9 heteroatoms. The fraction of sp³-hybridized carbons (Fsp3) is 0.769. The maximum absolute atomic E-state index is 10.1. The molecular formula is C26H52N2O6Zn. The van der Waals surface area contributed by atoms with Gasteiger partial charge in [-0.1, -0.05) is 63.5 Å². The van der Waals surface area contributed by atoms with Gasteiger partial charge in [0.1, 0.15) is 0 Å². The predicted molar refractivity (Wildman–Crippen MR) is 137 cm³/mol. The van der Waals surface area contributed by atoms with Crippen LogP contribution in [0.15, 0.2) is 25.3 Å². The first-order valence-electron chi connectivity index (χ1n) is 12.6. The summed E-state index contributed by atoms with van der Waals surface area (Å²) in [4.78, 5) is 20.1. The molecule has 0 rings (SSSR count). The van der Waals surface area contributed by atoms with Crippen molar-refractivity contribution < 1.29 is 49.5 Å². The van der Waals surface area contributed by atoms with Crippen molar-refractivity contribution in [3.63, 3.8) is 0 Å². The van der Waals surface area contributed by atoms with Crippen molar-refractivity contribution in [2.45, 2.75) is 103 Å². The van der Waals surface area contributed by atoms with Crippen LogP contribution in [0, 0.1) is 0 Å². The Kier molecular flexibility index (Phi) is 58.0. The number of rotatable bonds is 20. The molecular weight excluding hydrogens is 502 g/mol. The minimum atomic E-state index is -0.924. The summed E-state index contributed by atoms with van der Waals surface area (Å²) in [5.41, 5.74) is 9.56. The van der Waals surface area contributed by atoms with Crippen molar-refractivity contribution >= 4 is 11.9 Å².